The predicted octanol–water partition coefficient (Wildman–Crippen LogP) is 2.91. The van der Waals surface area contributed by atoms with Gasteiger partial charge in [0.15, 0.2) is 0 Å². The summed E-state index contributed by atoms with van der Waals surface area (Å²) in [5.41, 5.74) is 1.57. The molecule has 0 atom stereocenters. The molecule has 4 heteroatoms. The van der Waals surface area contributed by atoms with Crippen molar-refractivity contribution in [1.82, 2.24) is 0 Å². The van der Waals surface area contributed by atoms with E-state index in [2.05, 4.69) is 0 Å². The molecule has 0 bridgehead atoms. The number of nitrogens with zero attached hydrogens (tertiary/aromatic N) is 2. The Balaban J connectivity index is 2.17. The van der Waals surface area contributed by atoms with Crippen LogP contribution in [-0.2, 0) is 9.47 Å². The van der Waals surface area contributed by atoms with Crippen LogP contribution in [0.3, 0.4) is 0 Å². The van der Waals surface area contributed by atoms with Gasteiger partial charge in [-0.2, -0.15) is 10.5 Å². The predicted molar refractivity (Wildman–Crippen MR) is 97.4 cm³/mol. The highest BCUT2D eigenvalue weighted by Crippen LogP contribution is 2.37. The average molecular weight is 338 g/mol. The number of hydrogen-bond acceptors (Lipinski definition) is 4. The monoisotopic (exact) mass is 338 g/mol. The zero-order valence-corrected chi connectivity index (χ0v) is 13.8. The van der Waals surface area contributed by atoms with Crippen LogP contribution in [0.15, 0.2) is 66.7 Å². The fourth-order valence-corrected chi connectivity index (χ4v) is 3.60. The number of ether oxygens (including phenoxy) is 2. The molecule has 0 heterocycles. The minimum absolute atomic E-state index is 0.268. The minimum atomic E-state index is -1.47. The molecule has 3 aromatic rings. The van der Waals surface area contributed by atoms with Crippen LogP contribution in [0.5, 0.6) is 0 Å². The van der Waals surface area contributed by atoms with Gasteiger partial charge in [-0.05, 0) is 26.8 Å². The zero-order chi connectivity index (χ0) is 18.0. The van der Waals surface area contributed by atoms with Gasteiger partial charge in [-0.1, -0.05) is 72.8 Å². The van der Waals surface area contributed by atoms with Crippen molar-refractivity contribution in [2.75, 3.05) is 0 Å². The van der Waals surface area contributed by atoms with Gasteiger partial charge in [0.1, 0.15) is 0 Å². The molecule has 0 fully saturated rings. The lowest BCUT2D eigenvalue weighted by Crippen LogP contribution is -2.45. The second-order valence-electron chi connectivity index (χ2n) is 6.04. The summed E-state index contributed by atoms with van der Waals surface area (Å²) in [6.45, 7) is 0. The van der Waals surface area contributed by atoms with Crippen LogP contribution in [0.4, 0.5) is 0 Å². The lowest BCUT2D eigenvalue weighted by atomic mass is 9.85. The van der Waals surface area contributed by atoms with Gasteiger partial charge in [0.25, 0.3) is 12.5 Å². The Hall–Kier alpha value is -3.76. The minimum Gasteiger partial charge on any atom is -0.376 e. The van der Waals surface area contributed by atoms with Crippen LogP contribution in [0, 0.1) is 23.0 Å². The highest BCUT2D eigenvalue weighted by Gasteiger charge is 2.42. The van der Waals surface area contributed by atoms with Crippen LogP contribution in [0.1, 0.15) is 12.0 Å². The van der Waals surface area contributed by atoms with Gasteiger partial charge in [0.2, 0.25) is 0 Å². The Morgan fingerprint density at radius 3 is 2.31 bits per heavy atom. The lowest BCUT2D eigenvalue weighted by molar-refractivity contribution is -0.103. The van der Waals surface area contributed by atoms with Gasteiger partial charge >= 0.3 is 5.79 Å². The largest absolute Gasteiger partial charge is 0.376 e. The molecule has 1 aliphatic rings. The maximum absolute atomic E-state index is 9.25. The average Bonchev–Trinajstić information content (AvgIpc) is 2.68. The first kappa shape index (κ1) is 15.7. The van der Waals surface area contributed by atoms with E-state index in [9.17, 15) is 10.5 Å². The van der Waals surface area contributed by atoms with E-state index in [0.29, 0.717) is 5.57 Å². The van der Waals surface area contributed by atoms with Gasteiger partial charge in [0.05, 0.1) is 12.0 Å². The highest BCUT2D eigenvalue weighted by atomic mass is 16.7. The van der Waals surface area contributed by atoms with Crippen LogP contribution in [-0.4, -0.2) is 5.79 Å². The summed E-state index contributed by atoms with van der Waals surface area (Å²) in [7, 11) is 0. The van der Waals surface area contributed by atoms with Crippen LogP contribution in [0.25, 0.3) is 22.4 Å². The van der Waals surface area contributed by atoms with E-state index < -0.39 is 5.79 Å². The molecule has 4 nitrogen and oxygen atoms in total. The summed E-state index contributed by atoms with van der Waals surface area (Å²) in [6.07, 6.45) is 5.65. The van der Waals surface area contributed by atoms with E-state index in [-0.39, 0.29) is 6.42 Å². The summed E-state index contributed by atoms with van der Waals surface area (Å²) in [6, 6.07) is 21.8. The first-order chi connectivity index (χ1) is 12.8. The molecule has 4 rings (SSSR count). The molecule has 0 unspecified atom stereocenters. The summed E-state index contributed by atoms with van der Waals surface area (Å²) >= 11 is 0. The second kappa shape index (κ2) is 6.27. The van der Waals surface area contributed by atoms with E-state index in [0.717, 1.165) is 26.8 Å². The lowest BCUT2D eigenvalue weighted by Gasteiger charge is -2.32. The molecule has 0 amide bonds. The number of fused-ring (bicyclic) bond motifs is 2. The number of nitriles is 2. The zero-order valence-electron chi connectivity index (χ0n) is 13.8. The van der Waals surface area contributed by atoms with Crippen LogP contribution >= 0.6 is 0 Å². The third-order valence-corrected chi connectivity index (χ3v) is 4.68. The summed E-state index contributed by atoms with van der Waals surface area (Å²) in [5.74, 6) is -1.47. The third kappa shape index (κ3) is 2.37. The fourth-order valence-electron chi connectivity index (χ4n) is 3.60. The first-order valence-electron chi connectivity index (χ1n) is 8.21. The van der Waals surface area contributed by atoms with Gasteiger partial charge in [-0.15, -0.1) is 0 Å². The van der Waals surface area contributed by atoms with Gasteiger partial charge in [0, 0.05) is 0 Å². The number of hydrogen-bond donors (Lipinski definition) is 0. The second-order valence-corrected chi connectivity index (χ2v) is 6.04. The van der Waals surface area contributed by atoms with Crippen LogP contribution < -0.4 is 10.4 Å². The molecule has 0 spiro atoms. The van der Waals surface area contributed by atoms with Gasteiger partial charge in [-0.3, -0.25) is 0 Å². The fraction of sp³-hybridized carbons (Fsp3) is 0.0909. The molecule has 0 aliphatic heterocycles. The standard InChI is InChI=1S/C22H14N2O2/c23-14-25-22(26-15-24)13-12-17-7-2-4-10-19(17)21(22)20-11-5-8-16-6-1-3-9-18(16)20/h1-12H,13H2. The van der Waals surface area contributed by atoms with Crippen molar-refractivity contribution < 1.29 is 9.47 Å². The van der Waals surface area contributed by atoms with Crippen molar-refractivity contribution >= 4 is 22.4 Å². The van der Waals surface area contributed by atoms with E-state index in [4.69, 9.17) is 9.47 Å². The molecule has 0 radical (unpaired) electrons. The van der Waals surface area contributed by atoms with Crippen molar-refractivity contribution in [3.8, 4) is 12.5 Å². The molecule has 1 aliphatic carbocycles. The SMILES string of the molecule is N#COC1(OC#N)CC=c2ccccc2=C1c1cccc2ccccc12. The Kier molecular flexibility index (Phi) is 3.80. The van der Waals surface area contributed by atoms with E-state index in [1.54, 1.807) is 12.5 Å². The Morgan fingerprint density at radius 2 is 1.50 bits per heavy atom. The van der Waals surface area contributed by atoms with Crippen molar-refractivity contribution in [3.63, 3.8) is 0 Å². The van der Waals surface area contributed by atoms with Gasteiger partial charge < -0.3 is 9.47 Å². The highest BCUT2D eigenvalue weighted by molar-refractivity contribution is 5.95. The van der Waals surface area contributed by atoms with Crippen molar-refractivity contribution in [2.45, 2.75) is 12.2 Å². The summed E-state index contributed by atoms with van der Waals surface area (Å²) < 4.78 is 10.8. The number of rotatable bonds is 3. The molecule has 124 valence electrons. The van der Waals surface area contributed by atoms with Gasteiger partial charge in [-0.25, -0.2) is 0 Å². The summed E-state index contributed by atoms with van der Waals surface area (Å²) in [4.78, 5) is 0. The van der Waals surface area contributed by atoms with E-state index in [1.807, 2.05) is 72.8 Å². The normalized spacial score (nSPS) is 14.5. The van der Waals surface area contributed by atoms with E-state index in [1.165, 1.54) is 0 Å². The molecular weight excluding hydrogens is 324 g/mol. The number of benzene rings is 3. The summed E-state index contributed by atoms with van der Waals surface area (Å²) in [5, 5.41) is 22.5. The molecule has 3 aromatic carbocycles. The maximum Gasteiger partial charge on any atom is 0.306 e. The Bertz CT molecular complexity index is 1180. The molecule has 0 aromatic heterocycles. The maximum atomic E-state index is 9.25. The molecule has 0 saturated heterocycles. The quantitative estimate of drug-likeness (QED) is 0.544. The molecule has 0 N–H and O–H groups in total. The van der Waals surface area contributed by atoms with E-state index >= 15 is 0 Å². The third-order valence-electron chi connectivity index (χ3n) is 4.68. The first-order valence-corrected chi connectivity index (χ1v) is 8.21. The van der Waals surface area contributed by atoms with Crippen LogP contribution in [0.2, 0.25) is 0 Å². The molecule has 26 heavy (non-hydrogen) atoms. The Morgan fingerprint density at radius 1 is 0.808 bits per heavy atom. The topological polar surface area (TPSA) is 66.0 Å². The molecular formula is C22H14N2O2. The van der Waals surface area contributed by atoms with Crippen molar-refractivity contribution in [2.24, 2.45) is 0 Å². The molecule has 0 saturated carbocycles. The Labute approximate surface area is 150 Å². The van der Waals surface area contributed by atoms with Crippen molar-refractivity contribution in [3.05, 3.63) is 82.7 Å². The van der Waals surface area contributed by atoms with Crippen molar-refractivity contribution in [1.29, 1.82) is 10.5 Å². The smallest absolute Gasteiger partial charge is 0.306 e.